The first kappa shape index (κ1) is 19.3. The first-order chi connectivity index (χ1) is 14.2. The van der Waals surface area contributed by atoms with Crippen molar-refractivity contribution in [3.8, 4) is 11.4 Å². The Bertz CT molecular complexity index is 935. The molecule has 0 atom stereocenters. The van der Waals surface area contributed by atoms with Crippen molar-refractivity contribution < 1.29 is 13.7 Å². The third kappa shape index (κ3) is 5.06. The van der Waals surface area contributed by atoms with E-state index in [1.807, 2.05) is 30.3 Å². The van der Waals surface area contributed by atoms with Gasteiger partial charge in [-0.3, -0.25) is 9.69 Å². The Morgan fingerprint density at radius 2 is 1.83 bits per heavy atom. The van der Waals surface area contributed by atoms with Gasteiger partial charge in [0.15, 0.2) is 0 Å². The Morgan fingerprint density at radius 1 is 1.10 bits per heavy atom. The summed E-state index contributed by atoms with van der Waals surface area (Å²) in [4.78, 5) is 19.1. The van der Waals surface area contributed by atoms with Crippen molar-refractivity contribution in [2.45, 2.75) is 25.9 Å². The summed E-state index contributed by atoms with van der Waals surface area (Å²) in [6, 6.07) is 15.9. The van der Waals surface area contributed by atoms with Crippen molar-refractivity contribution >= 4 is 5.91 Å². The third-order valence-corrected chi connectivity index (χ3v) is 5.20. The largest absolute Gasteiger partial charge is 0.352 e. The molecule has 2 heterocycles. The van der Waals surface area contributed by atoms with Gasteiger partial charge in [0.1, 0.15) is 5.82 Å². The molecule has 1 N–H and O–H groups in total. The number of rotatable bonds is 6. The van der Waals surface area contributed by atoms with E-state index in [0.29, 0.717) is 24.8 Å². The second-order valence-electron chi connectivity index (χ2n) is 7.27. The van der Waals surface area contributed by atoms with Crippen molar-refractivity contribution in [1.29, 1.82) is 0 Å². The number of piperidine rings is 1. The van der Waals surface area contributed by atoms with Crippen molar-refractivity contribution in [3.63, 3.8) is 0 Å². The number of aromatic nitrogens is 2. The zero-order valence-corrected chi connectivity index (χ0v) is 16.1. The molecule has 4 rings (SSSR count). The standard InChI is InChI=1S/C22H23FN4O2/c23-19-8-6-16(7-9-19)14-24-22(28)18-10-12-27(13-11-18)15-20-25-21(26-29-20)17-4-2-1-3-5-17/h1-9,18H,10-15H2,(H,24,28). The Kier molecular flexibility index (Phi) is 5.95. The highest BCUT2D eigenvalue weighted by Gasteiger charge is 2.25. The van der Waals surface area contributed by atoms with Gasteiger partial charge in [0.05, 0.1) is 6.54 Å². The molecule has 3 aromatic rings. The van der Waals surface area contributed by atoms with Crippen LogP contribution in [0.1, 0.15) is 24.3 Å². The van der Waals surface area contributed by atoms with Gasteiger partial charge in [0, 0.05) is 18.0 Å². The van der Waals surface area contributed by atoms with Crippen molar-refractivity contribution in [2.75, 3.05) is 13.1 Å². The summed E-state index contributed by atoms with van der Waals surface area (Å²) >= 11 is 0. The molecule has 0 bridgehead atoms. The molecule has 0 saturated carbocycles. The zero-order valence-electron chi connectivity index (χ0n) is 16.1. The molecule has 0 unspecified atom stereocenters. The molecule has 29 heavy (non-hydrogen) atoms. The van der Waals surface area contributed by atoms with Crippen LogP contribution in [0.5, 0.6) is 0 Å². The summed E-state index contributed by atoms with van der Waals surface area (Å²) in [6.07, 6.45) is 1.57. The number of amides is 1. The molecule has 0 aliphatic carbocycles. The first-order valence-corrected chi connectivity index (χ1v) is 9.80. The number of likely N-dealkylation sites (tertiary alicyclic amines) is 1. The van der Waals surface area contributed by atoms with E-state index in [0.717, 1.165) is 37.1 Å². The maximum atomic E-state index is 12.9. The molecule has 6 nitrogen and oxygen atoms in total. The lowest BCUT2D eigenvalue weighted by atomic mass is 9.96. The van der Waals surface area contributed by atoms with Crippen molar-refractivity contribution in [2.24, 2.45) is 5.92 Å². The van der Waals surface area contributed by atoms with E-state index in [9.17, 15) is 9.18 Å². The predicted molar refractivity (Wildman–Crippen MR) is 106 cm³/mol. The second-order valence-corrected chi connectivity index (χ2v) is 7.27. The lowest BCUT2D eigenvalue weighted by Gasteiger charge is -2.30. The van der Waals surface area contributed by atoms with E-state index >= 15 is 0 Å². The van der Waals surface area contributed by atoms with E-state index in [2.05, 4.69) is 20.4 Å². The molecular weight excluding hydrogens is 371 g/mol. The molecule has 1 amide bonds. The summed E-state index contributed by atoms with van der Waals surface area (Å²) in [7, 11) is 0. The van der Waals surface area contributed by atoms with Gasteiger partial charge >= 0.3 is 0 Å². The highest BCUT2D eigenvalue weighted by atomic mass is 19.1. The quantitative estimate of drug-likeness (QED) is 0.694. The van der Waals surface area contributed by atoms with Gasteiger partial charge in [-0.05, 0) is 43.6 Å². The Morgan fingerprint density at radius 3 is 2.55 bits per heavy atom. The number of carbonyl (C=O) groups is 1. The fraction of sp³-hybridized carbons (Fsp3) is 0.318. The number of benzene rings is 2. The lowest BCUT2D eigenvalue weighted by Crippen LogP contribution is -2.40. The topological polar surface area (TPSA) is 71.3 Å². The van der Waals surface area contributed by atoms with Crippen LogP contribution in [0.4, 0.5) is 4.39 Å². The summed E-state index contributed by atoms with van der Waals surface area (Å²) in [6.45, 7) is 2.61. The molecule has 0 spiro atoms. The Labute approximate surface area is 168 Å². The average Bonchev–Trinajstić information content (AvgIpc) is 3.23. The lowest BCUT2D eigenvalue weighted by molar-refractivity contribution is -0.126. The number of nitrogens with zero attached hydrogens (tertiary/aromatic N) is 3. The highest BCUT2D eigenvalue weighted by molar-refractivity contribution is 5.78. The minimum absolute atomic E-state index is 0.00531. The maximum absolute atomic E-state index is 12.9. The average molecular weight is 394 g/mol. The molecule has 150 valence electrons. The first-order valence-electron chi connectivity index (χ1n) is 9.80. The van der Waals surface area contributed by atoms with E-state index in [-0.39, 0.29) is 17.6 Å². The van der Waals surface area contributed by atoms with Crippen LogP contribution in [0.15, 0.2) is 59.1 Å². The van der Waals surface area contributed by atoms with Gasteiger partial charge in [-0.1, -0.05) is 47.6 Å². The smallest absolute Gasteiger partial charge is 0.241 e. The summed E-state index contributed by atoms with van der Waals surface area (Å²) in [5.41, 5.74) is 1.82. The van der Waals surface area contributed by atoms with Crippen LogP contribution in [0.3, 0.4) is 0 Å². The summed E-state index contributed by atoms with van der Waals surface area (Å²) < 4.78 is 18.3. The number of hydrogen-bond donors (Lipinski definition) is 1. The fourth-order valence-corrected chi connectivity index (χ4v) is 3.50. The fourth-order valence-electron chi connectivity index (χ4n) is 3.50. The van der Waals surface area contributed by atoms with E-state index in [1.54, 1.807) is 12.1 Å². The van der Waals surface area contributed by atoms with E-state index < -0.39 is 0 Å². The third-order valence-electron chi connectivity index (χ3n) is 5.20. The minimum Gasteiger partial charge on any atom is -0.352 e. The Hall–Kier alpha value is -3.06. The molecule has 0 radical (unpaired) electrons. The van der Waals surface area contributed by atoms with Gasteiger partial charge in [-0.2, -0.15) is 4.98 Å². The van der Waals surface area contributed by atoms with Gasteiger partial charge in [-0.15, -0.1) is 0 Å². The minimum atomic E-state index is -0.274. The van der Waals surface area contributed by atoms with Gasteiger partial charge in [0.25, 0.3) is 0 Å². The van der Waals surface area contributed by atoms with Crippen molar-refractivity contribution in [1.82, 2.24) is 20.4 Å². The van der Waals surface area contributed by atoms with Gasteiger partial charge in [-0.25, -0.2) is 4.39 Å². The van der Waals surface area contributed by atoms with E-state index in [4.69, 9.17) is 4.52 Å². The summed E-state index contributed by atoms with van der Waals surface area (Å²) in [5.74, 6) is 0.954. The second kappa shape index (κ2) is 8.96. The Balaban J connectivity index is 1.23. The summed E-state index contributed by atoms with van der Waals surface area (Å²) in [5, 5.41) is 7.01. The number of hydrogen-bond acceptors (Lipinski definition) is 5. The molecule has 2 aromatic carbocycles. The molecule has 1 fully saturated rings. The predicted octanol–water partition coefficient (Wildman–Crippen LogP) is 3.40. The zero-order chi connectivity index (χ0) is 20.1. The SMILES string of the molecule is O=C(NCc1ccc(F)cc1)C1CCN(Cc2nc(-c3ccccc3)no2)CC1. The van der Waals surface area contributed by atoms with Crippen LogP contribution in [0, 0.1) is 11.7 Å². The van der Waals surface area contributed by atoms with Crippen LogP contribution in [0.2, 0.25) is 0 Å². The number of nitrogens with one attached hydrogen (secondary N) is 1. The van der Waals surface area contributed by atoms with Crippen LogP contribution >= 0.6 is 0 Å². The van der Waals surface area contributed by atoms with Crippen LogP contribution in [-0.4, -0.2) is 34.0 Å². The van der Waals surface area contributed by atoms with Gasteiger partial charge in [0.2, 0.25) is 17.6 Å². The van der Waals surface area contributed by atoms with Crippen LogP contribution < -0.4 is 5.32 Å². The van der Waals surface area contributed by atoms with E-state index in [1.165, 1.54) is 12.1 Å². The molecule has 1 aliphatic heterocycles. The number of halogens is 1. The molecular formula is C22H23FN4O2. The monoisotopic (exact) mass is 394 g/mol. The maximum Gasteiger partial charge on any atom is 0.241 e. The van der Waals surface area contributed by atoms with Gasteiger partial charge < -0.3 is 9.84 Å². The number of carbonyl (C=O) groups excluding carboxylic acids is 1. The molecule has 1 aromatic heterocycles. The normalized spacial score (nSPS) is 15.3. The van der Waals surface area contributed by atoms with Crippen molar-refractivity contribution in [3.05, 3.63) is 71.9 Å². The molecule has 7 heteroatoms. The van der Waals surface area contributed by atoms with Crippen LogP contribution in [-0.2, 0) is 17.9 Å². The molecule has 1 saturated heterocycles. The highest BCUT2D eigenvalue weighted by Crippen LogP contribution is 2.20. The van der Waals surface area contributed by atoms with Crippen LogP contribution in [0.25, 0.3) is 11.4 Å². The molecule has 1 aliphatic rings.